The van der Waals surface area contributed by atoms with Crippen LogP contribution in [0, 0.1) is 23.2 Å². The van der Waals surface area contributed by atoms with Gasteiger partial charge in [0.15, 0.2) is 0 Å². The molecule has 4 aliphatic rings. The Balaban J connectivity index is 1.21. The Kier molecular flexibility index (Phi) is 5.74. The van der Waals surface area contributed by atoms with Crippen LogP contribution in [-0.2, 0) is 15.7 Å². The number of carbonyl (C=O) groups is 1. The molecule has 1 aromatic carbocycles. The third-order valence-electron chi connectivity index (χ3n) is 8.69. The first kappa shape index (κ1) is 22.8. The minimum absolute atomic E-state index is 0.0149. The Hall–Kier alpha value is -2.02. The van der Waals surface area contributed by atoms with Crippen molar-refractivity contribution in [2.75, 3.05) is 37.6 Å². The van der Waals surface area contributed by atoms with E-state index in [-0.39, 0.29) is 29.3 Å². The van der Waals surface area contributed by atoms with E-state index >= 15 is 0 Å². The summed E-state index contributed by atoms with van der Waals surface area (Å²) in [7, 11) is 0. The SMILES string of the molecule is C=C1CCC[C@]2(C)C[C@H]3OC(=O)[C@H](CN4CCN(c5cccc(C(F)(F)F)c5)CC4)[C@@H]3C[C@@H]12. The van der Waals surface area contributed by atoms with Gasteiger partial charge in [0.05, 0.1) is 11.5 Å². The summed E-state index contributed by atoms with van der Waals surface area (Å²) < 4.78 is 45.1. The first-order chi connectivity index (χ1) is 15.6. The summed E-state index contributed by atoms with van der Waals surface area (Å²) in [4.78, 5) is 17.1. The quantitative estimate of drug-likeness (QED) is 0.460. The molecule has 2 saturated heterocycles. The molecule has 0 unspecified atom stereocenters. The second kappa shape index (κ2) is 8.33. The standard InChI is InChI=1S/C26H33F3N2O2/c1-17-5-4-8-25(2)15-23-20(14-22(17)25)21(24(32)33-23)16-30-9-11-31(12-10-30)19-7-3-6-18(13-19)26(27,28)29/h3,6-7,13,20-23H,1,4-5,8-12,14-16H2,2H3/t20-,21+,22-,23+,25+/m0/s1. The lowest BCUT2D eigenvalue weighted by Gasteiger charge is -2.50. The first-order valence-electron chi connectivity index (χ1n) is 12.2. The van der Waals surface area contributed by atoms with E-state index in [4.69, 9.17) is 4.74 Å². The number of ether oxygens (including phenoxy) is 1. The predicted molar refractivity (Wildman–Crippen MR) is 121 cm³/mol. The van der Waals surface area contributed by atoms with E-state index in [2.05, 4.69) is 18.4 Å². The molecule has 4 fully saturated rings. The van der Waals surface area contributed by atoms with Crippen molar-refractivity contribution in [1.82, 2.24) is 4.90 Å². The molecule has 5 rings (SSSR count). The van der Waals surface area contributed by atoms with Gasteiger partial charge >= 0.3 is 12.1 Å². The molecule has 1 aromatic rings. The molecule has 0 bridgehead atoms. The smallest absolute Gasteiger partial charge is 0.416 e. The number of fused-ring (bicyclic) bond motifs is 2. The zero-order chi connectivity index (χ0) is 23.4. The first-order valence-corrected chi connectivity index (χ1v) is 12.2. The number of nitrogens with zero attached hydrogens (tertiary/aromatic N) is 2. The van der Waals surface area contributed by atoms with E-state index in [0.717, 1.165) is 38.4 Å². The average molecular weight is 463 g/mol. The molecule has 2 aliphatic carbocycles. The van der Waals surface area contributed by atoms with Gasteiger partial charge in [-0.2, -0.15) is 13.2 Å². The second-order valence-electron chi connectivity index (χ2n) is 10.7. The number of hydrogen-bond donors (Lipinski definition) is 0. The molecule has 7 heteroatoms. The highest BCUT2D eigenvalue weighted by molar-refractivity contribution is 5.75. The maximum atomic E-state index is 13.1. The van der Waals surface area contributed by atoms with Gasteiger partial charge in [-0.15, -0.1) is 0 Å². The van der Waals surface area contributed by atoms with Gasteiger partial charge in [0, 0.05) is 44.3 Å². The molecule has 2 aliphatic heterocycles. The number of piperazine rings is 1. The third-order valence-corrected chi connectivity index (χ3v) is 8.69. The summed E-state index contributed by atoms with van der Waals surface area (Å²) >= 11 is 0. The third kappa shape index (κ3) is 4.29. The molecule has 2 saturated carbocycles. The van der Waals surface area contributed by atoms with Gasteiger partial charge in [-0.1, -0.05) is 25.1 Å². The zero-order valence-electron chi connectivity index (χ0n) is 19.2. The number of esters is 1. The van der Waals surface area contributed by atoms with E-state index in [1.807, 2.05) is 4.90 Å². The highest BCUT2D eigenvalue weighted by Gasteiger charge is 2.55. The van der Waals surface area contributed by atoms with Crippen LogP contribution in [0.1, 0.15) is 44.6 Å². The van der Waals surface area contributed by atoms with Crippen LogP contribution >= 0.6 is 0 Å². The minimum atomic E-state index is -4.34. The molecule has 4 nitrogen and oxygen atoms in total. The monoisotopic (exact) mass is 462 g/mol. The lowest BCUT2D eigenvalue weighted by atomic mass is 9.55. The Morgan fingerprint density at radius 3 is 2.70 bits per heavy atom. The fraction of sp³-hybridized carbons (Fsp3) is 0.654. The molecule has 0 radical (unpaired) electrons. The Bertz CT molecular complexity index is 924. The highest BCUT2D eigenvalue weighted by Crippen LogP contribution is 2.57. The highest BCUT2D eigenvalue weighted by atomic mass is 19.4. The molecule has 0 amide bonds. The molecule has 0 aromatic heterocycles. The van der Waals surface area contributed by atoms with Crippen molar-refractivity contribution in [3.8, 4) is 0 Å². The van der Waals surface area contributed by atoms with Gasteiger partial charge in [-0.05, 0) is 61.6 Å². The molecule has 5 atom stereocenters. The van der Waals surface area contributed by atoms with E-state index in [1.165, 1.54) is 30.5 Å². The van der Waals surface area contributed by atoms with E-state index in [9.17, 15) is 18.0 Å². The Labute approximate surface area is 193 Å². The molecule has 33 heavy (non-hydrogen) atoms. The van der Waals surface area contributed by atoms with Crippen molar-refractivity contribution in [1.29, 1.82) is 0 Å². The number of hydrogen-bond acceptors (Lipinski definition) is 4. The van der Waals surface area contributed by atoms with Crippen LogP contribution in [0.5, 0.6) is 0 Å². The summed E-state index contributed by atoms with van der Waals surface area (Å²) in [6, 6.07) is 5.54. The van der Waals surface area contributed by atoms with Crippen molar-refractivity contribution < 1.29 is 22.7 Å². The Morgan fingerprint density at radius 2 is 1.97 bits per heavy atom. The summed E-state index contributed by atoms with van der Waals surface area (Å²) in [5, 5.41) is 0. The van der Waals surface area contributed by atoms with Crippen molar-refractivity contribution in [3.05, 3.63) is 42.0 Å². The van der Waals surface area contributed by atoms with Gasteiger partial charge in [-0.3, -0.25) is 9.69 Å². The predicted octanol–water partition coefficient (Wildman–Crippen LogP) is 5.14. The van der Waals surface area contributed by atoms with Gasteiger partial charge in [0.2, 0.25) is 0 Å². The normalized spacial score (nSPS) is 35.2. The number of allylic oxidation sites excluding steroid dienone is 1. The number of carbonyl (C=O) groups excluding carboxylic acids is 1. The lowest BCUT2D eigenvalue weighted by Crippen LogP contribution is -2.50. The zero-order valence-corrected chi connectivity index (χ0v) is 19.2. The average Bonchev–Trinajstić information content (AvgIpc) is 3.06. The summed E-state index contributed by atoms with van der Waals surface area (Å²) in [6.07, 6.45) is 1.05. The molecule has 0 spiro atoms. The lowest BCUT2D eigenvalue weighted by molar-refractivity contribution is -0.146. The number of rotatable bonds is 3. The molecule has 0 N–H and O–H groups in total. The van der Waals surface area contributed by atoms with Crippen molar-refractivity contribution in [2.24, 2.45) is 23.2 Å². The van der Waals surface area contributed by atoms with E-state index < -0.39 is 11.7 Å². The van der Waals surface area contributed by atoms with Gasteiger partial charge in [0.25, 0.3) is 0 Å². The fourth-order valence-corrected chi connectivity index (χ4v) is 6.81. The van der Waals surface area contributed by atoms with Gasteiger partial charge < -0.3 is 9.64 Å². The van der Waals surface area contributed by atoms with Crippen molar-refractivity contribution in [2.45, 2.75) is 51.3 Å². The topological polar surface area (TPSA) is 32.8 Å². The second-order valence-corrected chi connectivity index (χ2v) is 10.7. The van der Waals surface area contributed by atoms with Crippen LogP contribution in [0.3, 0.4) is 0 Å². The molecule has 2 heterocycles. The van der Waals surface area contributed by atoms with Crippen LogP contribution in [0.4, 0.5) is 18.9 Å². The molecular formula is C26H33F3N2O2. The number of anilines is 1. The van der Waals surface area contributed by atoms with Gasteiger partial charge in [-0.25, -0.2) is 0 Å². The fourth-order valence-electron chi connectivity index (χ4n) is 6.81. The van der Waals surface area contributed by atoms with Gasteiger partial charge in [0.1, 0.15) is 6.10 Å². The Morgan fingerprint density at radius 1 is 1.21 bits per heavy atom. The summed E-state index contributed by atoms with van der Waals surface area (Å²) in [5.41, 5.74) is 1.53. The van der Waals surface area contributed by atoms with Crippen LogP contribution < -0.4 is 4.90 Å². The van der Waals surface area contributed by atoms with Crippen LogP contribution in [0.15, 0.2) is 36.4 Å². The molecule has 180 valence electrons. The van der Waals surface area contributed by atoms with Crippen LogP contribution in [0.25, 0.3) is 0 Å². The van der Waals surface area contributed by atoms with Crippen molar-refractivity contribution in [3.63, 3.8) is 0 Å². The summed E-state index contributed by atoms with van der Waals surface area (Å²) in [5.74, 6) is 0.529. The van der Waals surface area contributed by atoms with Crippen LogP contribution in [-0.4, -0.2) is 49.7 Å². The van der Waals surface area contributed by atoms with Crippen LogP contribution in [0.2, 0.25) is 0 Å². The maximum absolute atomic E-state index is 13.1. The van der Waals surface area contributed by atoms with E-state index in [0.29, 0.717) is 31.2 Å². The van der Waals surface area contributed by atoms with Crippen molar-refractivity contribution >= 4 is 11.7 Å². The minimum Gasteiger partial charge on any atom is -0.462 e. The molecular weight excluding hydrogens is 429 g/mol. The number of halogens is 3. The maximum Gasteiger partial charge on any atom is 0.416 e. The summed E-state index contributed by atoms with van der Waals surface area (Å²) in [6.45, 7) is 10.1. The van der Waals surface area contributed by atoms with E-state index in [1.54, 1.807) is 6.07 Å². The number of alkyl halides is 3. The number of benzene rings is 1. The largest absolute Gasteiger partial charge is 0.462 e.